The highest BCUT2D eigenvalue weighted by molar-refractivity contribution is 6.02. The smallest absolute Gasteiger partial charge is 0.163 e. The molecular formula is C34H43FN2O. The number of ketones is 1. The molecule has 0 saturated heterocycles. The zero-order valence-electron chi connectivity index (χ0n) is 23.3. The van der Waals surface area contributed by atoms with Crippen molar-refractivity contribution in [3.8, 4) is 29.5 Å². The van der Waals surface area contributed by atoms with Crippen LogP contribution < -0.4 is 5.32 Å². The number of nitrogens with zero attached hydrogens (tertiary/aromatic N) is 1. The van der Waals surface area contributed by atoms with Crippen molar-refractivity contribution in [2.75, 3.05) is 6.54 Å². The average molecular weight is 515 g/mol. The van der Waals surface area contributed by atoms with Crippen LogP contribution in [-0.4, -0.2) is 18.4 Å². The third-order valence-electron chi connectivity index (χ3n) is 7.05. The van der Waals surface area contributed by atoms with E-state index in [1.165, 1.54) is 6.07 Å². The highest BCUT2D eigenvalue weighted by Gasteiger charge is 2.23. The van der Waals surface area contributed by atoms with Gasteiger partial charge in [0.2, 0.25) is 0 Å². The molecule has 0 amide bonds. The zero-order chi connectivity index (χ0) is 28.1. The first-order valence-corrected chi connectivity index (χ1v) is 13.6. The molecule has 1 aliphatic carbocycles. The molecule has 3 rings (SSSR count). The number of hydrogen-bond donors (Lipinski definition) is 1. The summed E-state index contributed by atoms with van der Waals surface area (Å²) in [7, 11) is 0. The number of benzene rings is 2. The molecule has 0 aliphatic heterocycles. The van der Waals surface area contributed by atoms with Crippen LogP contribution in [0.4, 0.5) is 4.39 Å². The summed E-state index contributed by atoms with van der Waals surface area (Å²) in [5.41, 5.74) is 4.26. The Morgan fingerprint density at radius 2 is 1.87 bits per heavy atom. The third-order valence-corrected chi connectivity index (χ3v) is 7.05. The van der Waals surface area contributed by atoms with Gasteiger partial charge in [-0.1, -0.05) is 70.5 Å². The number of terminal acetylenes is 1. The summed E-state index contributed by atoms with van der Waals surface area (Å²) in [5, 5.41) is 12.6. The van der Waals surface area contributed by atoms with Gasteiger partial charge in [0.1, 0.15) is 5.82 Å². The van der Waals surface area contributed by atoms with E-state index in [-0.39, 0.29) is 18.9 Å². The van der Waals surface area contributed by atoms with Crippen LogP contribution in [0.3, 0.4) is 0 Å². The van der Waals surface area contributed by atoms with E-state index in [0.29, 0.717) is 23.8 Å². The van der Waals surface area contributed by atoms with Crippen LogP contribution in [0.5, 0.6) is 0 Å². The van der Waals surface area contributed by atoms with Gasteiger partial charge in [0.05, 0.1) is 12.1 Å². The number of fused-ring (bicyclic) bond motifs is 1. The quantitative estimate of drug-likeness (QED) is 0.243. The number of carbonyl (C=O) groups is 1. The number of allylic oxidation sites excluding steroid dienone is 2. The molecule has 0 saturated carbocycles. The predicted octanol–water partition coefficient (Wildman–Crippen LogP) is 8.12. The van der Waals surface area contributed by atoms with Gasteiger partial charge in [-0.3, -0.25) is 4.79 Å². The Kier molecular flexibility index (Phi) is 12.7. The summed E-state index contributed by atoms with van der Waals surface area (Å²) in [4.78, 5) is 12.2. The Morgan fingerprint density at radius 3 is 2.47 bits per heavy atom. The molecule has 0 spiro atoms. The number of nitriles is 1. The molecule has 2 aromatic rings. The summed E-state index contributed by atoms with van der Waals surface area (Å²) in [6.07, 6.45) is 14.5. The van der Waals surface area contributed by atoms with E-state index < -0.39 is 6.04 Å². The third kappa shape index (κ3) is 8.83. The number of carbonyl (C=O) groups excluding carboxylic acids is 1. The lowest BCUT2D eigenvalue weighted by Crippen LogP contribution is -2.33. The van der Waals surface area contributed by atoms with Gasteiger partial charge in [0.25, 0.3) is 0 Å². The van der Waals surface area contributed by atoms with Gasteiger partial charge in [-0.2, -0.15) is 5.26 Å². The second-order valence-electron chi connectivity index (χ2n) is 10.2. The largest absolute Gasteiger partial charge is 0.301 e. The lowest BCUT2D eigenvalue weighted by atomic mass is 9.83. The van der Waals surface area contributed by atoms with Crippen molar-refractivity contribution < 1.29 is 10.6 Å². The molecule has 4 atom stereocenters. The van der Waals surface area contributed by atoms with Crippen molar-refractivity contribution in [2.45, 2.75) is 71.8 Å². The van der Waals surface area contributed by atoms with Crippen LogP contribution in [0.25, 0.3) is 17.2 Å². The normalized spacial score (nSPS) is 16.2. The molecule has 1 N–H and O–H groups in total. The van der Waals surface area contributed by atoms with E-state index in [9.17, 15) is 14.4 Å². The van der Waals surface area contributed by atoms with Gasteiger partial charge in [-0.25, -0.2) is 4.39 Å². The SMILES string of the molecule is C#CCC(C)CC=C.CCC1C(=O)C=Cc2ccc(-c3ccc(C[C@@H](C#N)NC[C@@H](C)CC)c(F)c3)cc21.[HH]. The zero-order valence-corrected chi connectivity index (χ0v) is 23.3. The topological polar surface area (TPSA) is 52.9 Å². The fraction of sp³-hybridized carbons (Fsp3) is 0.412. The van der Waals surface area contributed by atoms with Gasteiger partial charge in [-0.05, 0) is 77.2 Å². The molecule has 0 heterocycles. The fourth-order valence-electron chi connectivity index (χ4n) is 4.40. The molecule has 4 heteroatoms. The first kappa shape index (κ1) is 30.8. The lowest BCUT2D eigenvalue weighted by molar-refractivity contribution is -0.116. The van der Waals surface area contributed by atoms with E-state index in [1.807, 2.05) is 43.3 Å². The molecule has 202 valence electrons. The van der Waals surface area contributed by atoms with E-state index >= 15 is 0 Å². The Hall–Kier alpha value is -3.47. The maximum Gasteiger partial charge on any atom is 0.163 e. The monoisotopic (exact) mass is 514 g/mol. The lowest BCUT2D eigenvalue weighted by Gasteiger charge is -2.20. The van der Waals surface area contributed by atoms with E-state index in [0.717, 1.165) is 54.5 Å². The Balaban J connectivity index is 0.000000737. The first-order valence-electron chi connectivity index (χ1n) is 13.6. The molecule has 38 heavy (non-hydrogen) atoms. The molecule has 3 nitrogen and oxygen atoms in total. The second kappa shape index (κ2) is 15.7. The van der Waals surface area contributed by atoms with Crippen LogP contribution in [0.15, 0.2) is 55.1 Å². The van der Waals surface area contributed by atoms with Gasteiger partial charge in [0, 0.05) is 20.2 Å². The standard InChI is InChI=1S/C26H29FN2O.C8H12.H2/c1-4-17(3)16-29-22(15-28)12-21-9-8-20(14-25(21)27)19-7-6-18-10-11-26(30)23(5-2)24(18)13-19;1-4-6-8(3)7-5-2;/h6-11,13-14,17,22-23,29H,4-5,12,16H2,1-3H3;1,5,8H,2,6-7H2,3H3;1H/t17-,22-,23?;;/m0../s1. The summed E-state index contributed by atoms with van der Waals surface area (Å²) < 4.78 is 14.8. The number of nitrogens with one attached hydrogen (secondary N) is 1. The summed E-state index contributed by atoms with van der Waals surface area (Å²) in [5.74, 6) is 3.37. The van der Waals surface area contributed by atoms with Crippen LogP contribution in [0.2, 0.25) is 0 Å². The first-order chi connectivity index (χ1) is 18.3. The highest BCUT2D eigenvalue weighted by atomic mass is 19.1. The summed E-state index contributed by atoms with van der Waals surface area (Å²) in [6.45, 7) is 12.7. The molecule has 2 aromatic carbocycles. The molecule has 0 fully saturated rings. The summed E-state index contributed by atoms with van der Waals surface area (Å²) in [6, 6.07) is 13.0. The van der Waals surface area contributed by atoms with E-state index in [2.05, 4.69) is 44.7 Å². The molecule has 0 bridgehead atoms. The Bertz CT molecular complexity index is 1210. The maximum atomic E-state index is 14.8. The number of halogens is 1. The Labute approximate surface area is 230 Å². The van der Waals surface area contributed by atoms with Gasteiger partial charge < -0.3 is 5.32 Å². The molecule has 0 radical (unpaired) electrons. The fourth-order valence-corrected chi connectivity index (χ4v) is 4.40. The molecular weight excluding hydrogens is 471 g/mol. The Morgan fingerprint density at radius 1 is 1.16 bits per heavy atom. The minimum absolute atomic E-state index is 0. The van der Waals surface area contributed by atoms with Crippen molar-refractivity contribution in [2.24, 2.45) is 11.8 Å². The van der Waals surface area contributed by atoms with Crippen molar-refractivity contribution in [1.82, 2.24) is 5.32 Å². The number of rotatable bonds is 11. The highest BCUT2D eigenvalue weighted by Crippen LogP contribution is 2.34. The molecule has 1 aliphatic rings. The van der Waals surface area contributed by atoms with Crippen molar-refractivity contribution >= 4 is 11.9 Å². The van der Waals surface area contributed by atoms with Crippen molar-refractivity contribution in [3.05, 3.63) is 77.6 Å². The van der Waals surface area contributed by atoms with E-state index in [1.54, 1.807) is 12.1 Å². The second-order valence-corrected chi connectivity index (χ2v) is 10.2. The van der Waals surface area contributed by atoms with Gasteiger partial charge in [0.15, 0.2) is 5.78 Å². The number of hydrogen-bond acceptors (Lipinski definition) is 3. The van der Waals surface area contributed by atoms with Crippen LogP contribution in [0, 0.1) is 41.3 Å². The predicted molar refractivity (Wildman–Crippen MR) is 159 cm³/mol. The molecule has 2 unspecified atom stereocenters. The maximum absolute atomic E-state index is 14.8. The van der Waals surface area contributed by atoms with Crippen LogP contribution in [-0.2, 0) is 11.2 Å². The van der Waals surface area contributed by atoms with E-state index in [4.69, 9.17) is 6.42 Å². The van der Waals surface area contributed by atoms with Crippen molar-refractivity contribution in [1.29, 1.82) is 5.26 Å². The van der Waals surface area contributed by atoms with Gasteiger partial charge in [-0.15, -0.1) is 18.9 Å². The van der Waals surface area contributed by atoms with Crippen molar-refractivity contribution in [3.63, 3.8) is 0 Å². The molecule has 0 aromatic heterocycles. The minimum atomic E-state index is -0.411. The minimum Gasteiger partial charge on any atom is -0.301 e. The van der Waals surface area contributed by atoms with Crippen LogP contribution >= 0.6 is 0 Å². The van der Waals surface area contributed by atoms with Crippen LogP contribution in [0.1, 0.15) is 77.4 Å². The average Bonchev–Trinajstić information content (AvgIpc) is 2.91. The summed E-state index contributed by atoms with van der Waals surface area (Å²) >= 11 is 0. The van der Waals surface area contributed by atoms with Gasteiger partial charge >= 0.3 is 0 Å².